The maximum absolute atomic E-state index is 14.7. The minimum atomic E-state index is -0.943. The Labute approximate surface area is 162 Å². The van der Waals surface area contributed by atoms with Gasteiger partial charge < -0.3 is 15.6 Å². The van der Waals surface area contributed by atoms with Crippen LogP contribution >= 0.6 is 23.2 Å². The van der Waals surface area contributed by atoms with Crippen molar-refractivity contribution in [3.8, 4) is 0 Å². The summed E-state index contributed by atoms with van der Waals surface area (Å²) in [6, 6.07) is 5.35. The van der Waals surface area contributed by atoms with E-state index in [4.69, 9.17) is 23.2 Å². The van der Waals surface area contributed by atoms with Crippen LogP contribution < -0.4 is 16.2 Å². The number of anilines is 1. The Kier molecular flexibility index (Phi) is 4.53. The average Bonchev–Trinajstić information content (AvgIpc) is 3.09. The molecule has 3 aromatic rings. The lowest BCUT2D eigenvalue weighted by atomic mass is 9.87. The van der Waals surface area contributed by atoms with E-state index in [1.54, 1.807) is 0 Å². The van der Waals surface area contributed by atoms with Crippen molar-refractivity contribution < 1.29 is 8.78 Å². The molecule has 2 aromatic carbocycles. The highest BCUT2D eigenvalue weighted by atomic mass is 35.5. The fraction of sp³-hybridized carbons (Fsp3) is 0.222. The number of aromatic amines is 1. The van der Waals surface area contributed by atoms with Crippen LogP contribution in [0.25, 0.3) is 10.9 Å². The molecule has 1 aromatic heterocycles. The molecule has 2 heterocycles. The molecule has 0 amide bonds. The summed E-state index contributed by atoms with van der Waals surface area (Å²) in [7, 11) is 0. The predicted molar refractivity (Wildman–Crippen MR) is 102 cm³/mol. The largest absolute Gasteiger partial charge is 0.374 e. The van der Waals surface area contributed by atoms with Crippen LogP contribution in [0.5, 0.6) is 0 Å². The molecule has 1 fully saturated rings. The van der Waals surface area contributed by atoms with Gasteiger partial charge in [0.2, 0.25) is 0 Å². The maximum atomic E-state index is 14.7. The summed E-state index contributed by atoms with van der Waals surface area (Å²) < 4.78 is 29.1. The van der Waals surface area contributed by atoms with E-state index in [1.807, 2.05) is 0 Å². The van der Waals surface area contributed by atoms with Gasteiger partial charge in [-0.05, 0) is 37.2 Å². The molecule has 27 heavy (non-hydrogen) atoms. The van der Waals surface area contributed by atoms with Crippen LogP contribution in [0.4, 0.5) is 14.5 Å². The van der Waals surface area contributed by atoms with Gasteiger partial charge in [0.15, 0.2) is 5.82 Å². The third-order valence-electron chi connectivity index (χ3n) is 4.76. The minimum absolute atomic E-state index is 0.0325. The number of nitrogens with zero attached hydrogens (tertiary/aromatic N) is 1. The molecule has 3 N–H and O–H groups in total. The summed E-state index contributed by atoms with van der Waals surface area (Å²) in [5, 5.41) is 6.77. The van der Waals surface area contributed by atoms with Gasteiger partial charge in [-0.3, -0.25) is 4.79 Å². The second-order valence-electron chi connectivity index (χ2n) is 6.44. The molecule has 5 nitrogen and oxygen atoms in total. The molecule has 0 bridgehead atoms. The number of aromatic nitrogens is 2. The average molecular weight is 411 g/mol. The van der Waals surface area contributed by atoms with Crippen LogP contribution in [0.1, 0.15) is 12.0 Å². The Balaban J connectivity index is 1.86. The monoisotopic (exact) mass is 410 g/mol. The summed E-state index contributed by atoms with van der Waals surface area (Å²) in [6.07, 6.45) is 1.64. The molecule has 4 rings (SSSR count). The summed E-state index contributed by atoms with van der Waals surface area (Å²) in [4.78, 5) is 18.3. The summed E-state index contributed by atoms with van der Waals surface area (Å²) in [6.45, 7) is 0.959. The first-order valence-corrected chi connectivity index (χ1v) is 8.97. The van der Waals surface area contributed by atoms with Crippen LogP contribution in [-0.4, -0.2) is 23.1 Å². The van der Waals surface area contributed by atoms with Crippen LogP contribution in [0, 0.1) is 11.6 Å². The molecule has 140 valence electrons. The second kappa shape index (κ2) is 6.74. The second-order valence-corrected chi connectivity index (χ2v) is 7.22. The number of H-pyrrole nitrogens is 1. The summed E-state index contributed by atoms with van der Waals surface area (Å²) in [5.41, 5.74) is -0.913. The Morgan fingerprint density at radius 1 is 1.19 bits per heavy atom. The molecular formula is C18H14Cl2F2N4O. The number of halogens is 4. The normalized spacial score (nSPS) is 19.6. The number of hydrogen-bond acceptors (Lipinski definition) is 4. The zero-order valence-corrected chi connectivity index (χ0v) is 15.4. The van der Waals surface area contributed by atoms with Crippen molar-refractivity contribution in [1.82, 2.24) is 15.3 Å². The van der Waals surface area contributed by atoms with Crippen molar-refractivity contribution in [2.75, 3.05) is 18.4 Å². The van der Waals surface area contributed by atoms with Crippen LogP contribution in [0.2, 0.25) is 10.0 Å². The van der Waals surface area contributed by atoms with Gasteiger partial charge in [-0.2, -0.15) is 0 Å². The molecule has 1 aliphatic rings. The van der Waals surface area contributed by atoms with Crippen LogP contribution in [0.3, 0.4) is 0 Å². The van der Waals surface area contributed by atoms with E-state index in [1.165, 1.54) is 24.3 Å². The number of nitrogens with one attached hydrogen (secondary N) is 3. The van der Waals surface area contributed by atoms with E-state index in [9.17, 15) is 13.6 Å². The van der Waals surface area contributed by atoms with Crippen molar-refractivity contribution in [3.63, 3.8) is 0 Å². The van der Waals surface area contributed by atoms with Gasteiger partial charge in [0, 0.05) is 17.8 Å². The lowest BCUT2D eigenvalue weighted by Gasteiger charge is -2.33. The summed E-state index contributed by atoms with van der Waals surface area (Å²) >= 11 is 12.4. The van der Waals surface area contributed by atoms with Crippen molar-refractivity contribution >= 4 is 39.8 Å². The Hall–Kier alpha value is -2.22. The van der Waals surface area contributed by atoms with Gasteiger partial charge in [-0.15, -0.1) is 0 Å². The maximum Gasteiger partial charge on any atom is 0.258 e. The van der Waals surface area contributed by atoms with E-state index in [2.05, 4.69) is 20.6 Å². The number of rotatable bonds is 3. The number of benzene rings is 2. The third kappa shape index (κ3) is 3.05. The van der Waals surface area contributed by atoms with E-state index in [0.717, 1.165) is 6.33 Å². The predicted octanol–water partition coefficient (Wildman–Crippen LogP) is 3.81. The molecule has 1 atom stereocenters. The molecule has 0 spiro atoms. The van der Waals surface area contributed by atoms with Gasteiger partial charge in [0.1, 0.15) is 11.3 Å². The van der Waals surface area contributed by atoms with Crippen LogP contribution in [-0.2, 0) is 5.54 Å². The highest BCUT2D eigenvalue weighted by molar-refractivity contribution is 6.42. The van der Waals surface area contributed by atoms with Gasteiger partial charge in [-0.1, -0.05) is 23.2 Å². The number of hydrogen-bond donors (Lipinski definition) is 3. The fourth-order valence-corrected chi connectivity index (χ4v) is 4.02. The minimum Gasteiger partial charge on any atom is -0.374 e. The molecule has 1 saturated heterocycles. The standard InChI is InChI=1S/C18H14Cl2F2N4O/c19-11-1-2-12(21)14(15(11)20)18(3-4-23-7-18)26-9-5-10-16(13(22)6-9)24-8-25-17(10)27/h1-2,5-6,8,23,26H,3-4,7H2,(H,24,25,27)/t18-/m1/s1. The molecular weight excluding hydrogens is 397 g/mol. The third-order valence-corrected chi connectivity index (χ3v) is 5.56. The van der Waals surface area contributed by atoms with Gasteiger partial charge in [-0.25, -0.2) is 13.8 Å². The zero-order valence-electron chi connectivity index (χ0n) is 13.9. The SMILES string of the molecule is O=c1[nH]cnc2c(F)cc(N[C@]3(c4c(F)ccc(Cl)c4Cl)CCNC3)cc12. The van der Waals surface area contributed by atoms with Gasteiger partial charge in [0.25, 0.3) is 5.56 Å². The van der Waals surface area contributed by atoms with Gasteiger partial charge >= 0.3 is 0 Å². The molecule has 0 saturated carbocycles. The van der Waals surface area contributed by atoms with Gasteiger partial charge in [0.05, 0.1) is 27.3 Å². The number of fused-ring (bicyclic) bond motifs is 1. The molecule has 0 unspecified atom stereocenters. The van der Waals surface area contributed by atoms with Crippen molar-refractivity contribution in [1.29, 1.82) is 0 Å². The van der Waals surface area contributed by atoms with Crippen LogP contribution in [0.15, 0.2) is 35.4 Å². The lowest BCUT2D eigenvalue weighted by molar-refractivity contribution is 0.495. The van der Waals surface area contributed by atoms with Crippen molar-refractivity contribution in [2.24, 2.45) is 0 Å². The highest BCUT2D eigenvalue weighted by Crippen LogP contribution is 2.41. The summed E-state index contributed by atoms with van der Waals surface area (Å²) in [5.74, 6) is -1.17. The first kappa shape index (κ1) is 18.2. The van der Waals surface area contributed by atoms with E-state index in [-0.39, 0.29) is 26.5 Å². The lowest BCUT2D eigenvalue weighted by Crippen LogP contribution is -2.39. The quantitative estimate of drug-likeness (QED) is 0.574. The molecule has 0 radical (unpaired) electrons. The zero-order chi connectivity index (χ0) is 19.2. The van der Waals surface area contributed by atoms with E-state index < -0.39 is 22.7 Å². The molecule has 0 aliphatic carbocycles. The Morgan fingerprint density at radius 3 is 2.74 bits per heavy atom. The van der Waals surface area contributed by atoms with E-state index in [0.29, 0.717) is 25.2 Å². The Bertz CT molecular complexity index is 1100. The smallest absolute Gasteiger partial charge is 0.258 e. The fourth-order valence-electron chi connectivity index (χ4n) is 3.53. The molecule has 1 aliphatic heterocycles. The van der Waals surface area contributed by atoms with Crippen molar-refractivity contribution in [2.45, 2.75) is 12.0 Å². The molecule has 9 heteroatoms. The first-order valence-electron chi connectivity index (χ1n) is 8.21. The highest BCUT2D eigenvalue weighted by Gasteiger charge is 2.40. The first-order chi connectivity index (χ1) is 12.9. The Morgan fingerprint density at radius 2 is 2.00 bits per heavy atom. The van der Waals surface area contributed by atoms with Crippen molar-refractivity contribution in [3.05, 3.63) is 68.2 Å². The topological polar surface area (TPSA) is 69.8 Å². The van der Waals surface area contributed by atoms with E-state index >= 15 is 0 Å².